The number of carbonyl (C=O) groups excluding carboxylic acids is 3. The molecule has 1 rings (SSSR count). The number of carbonyl (C=O) groups is 3. The summed E-state index contributed by atoms with van der Waals surface area (Å²) in [4.78, 5) is 36.3. The van der Waals surface area contributed by atoms with E-state index in [4.69, 9.17) is 4.74 Å². The number of nitrogens with zero attached hydrogens (tertiary/aromatic N) is 1. The van der Waals surface area contributed by atoms with Crippen molar-refractivity contribution in [2.24, 2.45) is 0 Å². The summed E-state index contributed by atoms with van der Waals surface area (Å²) in [6.45, 7) is 1.39. The fourth-order valence-corrected chi connectivity index (χ4v) is 1.45. The second-order valence-corrected chi connectivity index (χ2v) is 4.56. The van der Waals surface area contributed by atoms with E-state index in [-0.39, 0.29) is 0 Å². The van der Waals surface area contributed by atoms with Crippen molar-refractivity contribution in [2.75, 3.05) is 26.0 Å². The number of ether oxygens (including phenoxy) is 1. The van der Waals surface area contributed by atoms with Gasteiger partial charge in [0.2, 0.25) is 0 Å². The van der Waals surface area contributed by atoms with Gasteiger partial charge in [0, 0.05) is 26.8 Å². The van der Waals surface area contributed by atoms with Crippen molar-refractivity contribution in [1.29, 1.82) is 0 Å². The Hall–Kier alpha value is -2.57. The number of hydrogen-bond donors (Lipinski definition) is 2. The predicted molar refractivity (Wildman–Crippen MR) is 78.2 cm³/mol. The largest absolute Gasteiger partial charge is 0.449 e. The molecule has 3 amide bonds. The van der Waals surface area contributed by atoms with Gasteiger partial charge in [-0.25, -0.2) is 9.59 Å². The summed E-state index contributed by atoms with van der Waals surface area (Å²) in [5, 5.41) is 4.27. The number of esters is 1. The van der Waals surface area contributed by atoms with E-state index in [9.17, 15) is 14.4 Å². The van der Waals surface area contributed by atoms with Crippen LogP contribution in [0.1, 0.15) is 17.3 Å². The lowest BCUT2D eigenvalue weighted by molar-refractivity contribution is -0.127. The Bertz CT molecular complexity index is 526. The molecule has 2 N–H and O–H groups in total. The van der Waals surface area contributed by atoms with Gasteiger partial charge in [0.1, 0.15) is 0 Å². The molecule has 0 fully saturated rings. The fraction of sp³-hybridized carbons (Fsp3) is 0.357. The molecule has 0 bridgehead atoms. The maximum absolute atomic E-state index is 11.9. The zero-order valence-corrected chi connectivity index (χ0v) is 12.5. The minimum absolute atomic E-state index is 0.334. The highest BCUT2D eigenvalue weighted by Crippen LogP contribution is 2.13. The molecule has 0 heterocycles. The van der Waals surface area contributed by atoms with Gasteiger partial charge in [0.05, 0.1) is 5.56 Å². The van der Waals surface area contributed by atoms with Gasteiger partial charge in [-0.15, -0.1) is 0 Å². The van der Waals surface area contributed by atoms with E-state index < -0.39 is 24.0 Å². The quantitative estimate of drug-likeness (QED) is 0.800. The topological polar surface area (TPSA) is 87.7 Å². The lowest BCUT2D eigenvalue weighted by atomic mass is 10.2. The third-order valence-electron chi connectivity index (χ3n) is 2.74. The van der Waals surface area contributed by atoms with Crippen LogP contribution in [0.4, 0.5) is 10.5 Å². The second-order valence-electron chi connectivity index (χ2n) is 4.56. The summed E-state index contributed by atoms with van der Waals surface area (Å²) in [5.41, 5.74) is 1.28. The number of imide groups is 1. The number of nitrogens with one attached hydrogen (secondary N) is 2. The number of hydrogen-bond acceptors (Lipinski definition) is 5. The Balaban J connectivity index is 2.63. The second kappa shape index (κ2) is 7.28. The summed E-state index contributed by atoms with van der Waals surface area (Å²) >= 11 is 0. The summed E-state index contributed by atoms with van der Waals surface area (Å²) in [6, 6.07) is 6.11. The number of anilines is 1. The number of rotatable bonds is 4. The average Bonchev–Trinajstić information content (AvgIpc) is 2.46. The SMILES string of the molecule is CNC(=O)NC(=O)[C@H](C)OC(=O)c1ccc(N(C)C)cc1. The van der Waals surface area contributed by atoms with Gasteiger partial charge >= 0.3 is 12.0 Å². The van der Waals surface area contributed by atoms with E-state index in [0.717, 1.165) is 5.69 Å². The molecule has 7 heteroatoms. The van der Waals surface area contributed by atoms with Crippen LogP contribution in [-0.4, -0.2) is 45.2 Å². The first kappa shape index (κ1) is 16.5. The lowest BCUT2D eigenvalue weighted by Crippen LogP contribution is -2.43. The summed E-state index contributed by atoms with van der Waals surface area (Å²) < 4.78 is 5.00. The molecule has 0 aliphatic rings. The third-order valence-corrected chi connectivity index (χ3v) is 2.74. The van der Waals surface area contributed by atoms with E-state index in [2.05, 4.69) is 5.32 Å². The van der Waals surface area contributed by atoms with Gasteiger partial charge in [0.25, 0.3) is 5.91 Å². The molecular formula is C14H19N3O4. The smallest absolute Gasteiger partial charge is 0.338 e. The monoisotopic (exact) mass is 293 g/mol. The van der Waals surface area contributed by atoms with Gasteiger partial charge in [-0.05, 0) is 31.2 Å². The highest BCUT2D eigenvalue weighted by Gasteiger charge is 2.20. The Labute approximate surface area is 123 Å². The summed E-state index contributed by atoms with van der Waals surface area (Å²) in [5.74, 6) is -1.31. The average molecular weight is 293 g/mol. The molecule has 21 heavy (non-hydrogen) atoms. The molecule has 1 atom stereocenters. The number of benzene rings is 1. The lowest BCUT2D eigenvalue weighted by Gasteiger charge is -2.14. The van der Waals surface area contributed by atoms with Crippen molar-refractivity contribution >= 4 is 23.6 Å². The minimum Gasteiger partial charge on any atom is -0.449 e. The highest BCUT2D eigenvalue weighted by atomic mass is 16.5. The van der Waals surface area contributed by atoms with Crippen LogP contribution in [0.2, 0.25) is 0 Å². The van der Waals surface area contributed by atoms with Crippen molar-refractivity contribution < 1.29 is 19.1 Å². The van der Waals surface area contributed by atoms with Crippen molar-refractivity contribution in [3.63, 3.8) is 0 Å². The Morgan fingerprint density at radius 2 is 1.71 bits per heavy atom. The first-order chi connectivity index (χ1) is 9.85. The molecular weight excluding hydrogens is 274 g/mol. The zero-order valence-electron chi connectivity index (χ0n) is 12.5. The van der Waals surface area contributed by atoms with Crippen molar-refractivity contribution in [1.82, 2.24) is 10.6 Å². The molecule has 1 aromatic rings. The van der Waals surface area contributed by atoms with Crippen LogP contribution >= 0.6 is 0 Å². The van der Waals surface area contributed by atoms with E-state index in [1.807, 2.05) is 24.3 Å². The van der Waals surface area contributed by atoms with Gasteiger partial charge in [-0.3, -0.25) is 10.1 Å². The van der Waals surface area contributed by atoms with Crippen LogP contribution in [0, 0.1) is 0 Å². The summed E-state index contributed by atoms with van der Waals surface area (Å²) in [7, 11) is 5.16. The number of amides is 3. The molecule has 0 saturated heterocycles. The minimum atomic E-state index is -1.07. The van der Waals surface area contributed by atoms with Gasteiger partial charge in [-0.2, -0.15) is 0 Å². The van der Waals surface area contributed by atoms with E-state index in [0.29, 0.717) is 5.56 Å². The highest BCUT2D eigenvalue weighted by molar-refractivity contribution is 5.98. The van der Waals surface area contributed by atoms with Crippen LogP contribution in [0.25, 0.3) is 0 Å². The van der Waals surface area contributed by atoms with Crippen molar-refractivity contribution in [2.45, 2.75) is 13.0 Å². The molecule has 0 saturated carbocycles. The fourth-order valence-electron chi connectivity index (χ4n) is 1.45. The van der Waals surface area contributed by atoms with E-state index >= 15 is 0 Å². The Morgan fingerprint density at radius 1 is 1.14 bits per heavy atom. The molecule has 1 aromatic carbocycles. The Morgan fingerprint density at radius 3 is 2.19 bits per heavy atom. The van der Waals surface area contributed by atoms with Crippen molar-refractivity contribution in [3.05, 3.63) is 29.8 Å². The normalized spacial score (nSPS) is 11.2. The first-order valence-electron chi connectivity index (χ1n) is 6.36. The van der Waals surface area contributed by atoms with Gasteiger partial charge in [-0.1, -0.05) is 0 Å². The number of urea groups is 1. The summed E-state index contributed by atoms with van der Waals surface area (Å²) in [6.07, 6.45) is -1.07. The third kappa shape index (κ3) is 4.79. The predicted octanol–water partition coefficient (Wildman–Crippen LogP) is 0.753. The maximum Gasteiger partial charge on any atom is 0.338 e. The van der Waals surface area contributed by atoms with E-state index in [1.54, 1.807) is 24.3 Å². The molecule has 0 unspecified atom stereocenters. The molecule has 0 aromatic heterocycles. The molecule has 7 nitrogen and oxygen atoms in total. The van der Waals surface area contributed by atoms with E-state index in [1.165, 1.54) is 14.0 Å². The molecule has 0 radical (unpaired) electrons. The van der Waals surface area contributed by atoms with Crippen LogP contribution in [0.15, 0.2) is 24.3 Å². The maximum atomic E-state index is 11.9. The van der Waals surface area contributed by atoms with Crippen LogP contribution in [0.3, 0.4) is 0 Å². The Kier molecular flexibility index (Phi) is 5.71. The standard InChI is InChI=1S/C14H19N3O4/c1-9(12(18)16-14(20)15-2)21-13(19)10-5-7-11(8-6-10)17(3)4/h5-9H,1-4H3,(H2,15,16,18,20)/t9-/m0/s1. The molecule has 0 aliphatic carbocycles. The first-order valence-corrected chi connectivity index (χ1v) is 6.36. The van der Waals surface area contributed by atoms with Crippen LogP contribution in [-0.2, 0) is 9.53 Å². The molecule has 0 spiro atoms. The van der Waals surface area contributed by atoms with Gasteiger partial charge in [0.15, 0.2) is 6.10 Å². The molecule has 0 aliphatic heterocycles. The van der Waals surface area contributed by atoms with Crippen molar-refractivity contribution in [3.8, 4) is 0 Å². The molecule has 114 valence electrons. The van der Waals surface area contributed by atoms with Crippen LogP contribution < -0.4 is 15.5 Å². The van der Waals surface area contributed by atoms with Gasteiger partial charge < -0.3 is 15.0 Å². The zero-order chi connectivity index (χ0) is 16.0. The van der Waals surface area contributed by atoms with Crippen LogP contribution in [0.5, 0.6) is 0 Å².